The molecule has 0 aliphatic heterocycles. The summed E-state index contributed by atoms with van der Waals surface area (Å²) in [6.07, 6.45) is -10.7. The summed E-state index contributed by atoms with van der Waals surface area (Å²) in [6.45, 7) is -0.760. The van der Waals surface area contributed by atoms with Crippen LogP contribution in [-0.4, -0.2) is 17.6 Å². The Morgan fingerprint density at radius 3 is 2.20 bits per heavy atom. The van der Waals surface area contributed by atoms with E-state index < -0.39 is 47.2 Å². The maximum absolute atomic E-state index is 12.7. The number of hydrogen-bond acceptors (Lipinski definition) is 3. The van der Waals surface area contributed by atoms with Gasteiger partial charge in [-0.05, 0) is 6.07 Å². The predicted molar refractivity (Wildman–Crippen MR) is 57.3 cm³/mol. The minimum atomic E-state index is -4.91. The van der Waals surface area contributed by atoms with Crippen LogP contribution in [0.25, 0.3) is 0 Å². The number of nitrogens with zero attached hydrogens (tertiary/aromatic N) is 1. The zero-order valence-corrected chi connectivity index (χ0v) is 9.68. The van der Waals surface area contributed by atoms with Gasteiger partial charge in [0.1, 0.15) is 0 Å². The average molecular weight is 302 g/mol. The Bertz CT molecular complexity index is 498. The second-order valence-corrected chi connectivity index (χ2v) is 3.78. The molecule has 20 heavy (non-hydrogen) atoms. The summed E-state index contributed by atoms with van der Waals surface area (Å²) in [4.78, 5) is 9.39. The van der Waals surface area contributed by atoms with Crippen LogP contribution in [0.3, 0.4) is 0 Å². The van der Waals surface area contributed by atoms with E-state index in [4.69, 9.17) is 0 Å². The fraction of sp³-hybridized carbons (Fsp3) is 0.400. The standard InChI is InChI=1S/C10H8F6N2O2/c11-9(12,13)3-4-17-8-2-1-6(18(19)20)5-7(8)10(14,15)16/h1-2,5,17H,3-4H2. The molecule has 0 aromatic heterocycles. The van der Waals surface area contributed by atoms with E-state index in [2.05, 4.69) is 0 Å². The van der Waals surface area contributed by atoms with Crippen LogP contribution in [0.5, 0.6) is 0 Å². The van der Waals surface area contributed by atoms with Gasteiger partial charge in [-0.1, -0.05) is 0 Å². The Labute approximate surface area is 108 Å². The molecule has 0 bridgehead atoms. The van der Waals surface area contributed by atoms with Gasteiger partial charge < -0.3 is 5.32 Å². The van der Waals surface area contributed by atoms with Crippen molar-refractivity contribution in [1.29, 1.82) is 0 Å². The number of nitro benzene ring substituents is 1. The van der Waals surface area contributed by atoms with Gasteiger partial charge in [-0.25, -0.2) is 0 Å². The zero-order valence-electron chi connectivity index (χ0n) is 9.68. The van der Waals surface area contributed by atoms with Crippen LogP contribution in [0.4, 0.5) is 37.7 Å². The van der Waals surface area contributed by atoms with Gasteiger partial charge in [0, 0.05) is 24.4 Å². The van der Waals surface area contributed by atoms with Gasteiger partial charge in [0.25, 0.3) is 5.69 Å². The van der Waals surface area contributed by atoms with Crippen LogP contribution in [0.1, 0.15) is 12.0 Å². The summed E-state index contributed by atoms with van der Waals surface area (Å²) in [5.74, 6) is 0. The summed E-state index contributed by atoms with van der Waals surface area (Å²) < 4.78 is 73.7. The lowest BCUT2D eigenvalue weighted by Crippen LogP contribution is -2.17. The van der Waals surface area contributed by atoms with E-state index in [1.165, 1.54) is 0 Å². The van der Waals surface area contributed by atoms with Crippen LogP contribution < -0.4 is 5.32 Å². The van der Waals surface area contributed by atoms with Crippen molar-refractivity contribution < 1.29 is 31.3 Å². The minimum absolute atomic E-state index is 0.274. The average Bonchev–Trinajstić information content (AvgIpc) is 2.25. The third kappa shape index (κ3) is 4.59. The van der Waals surface area contributed by atoms with E-state index in [0.29, 0.717) is 0 Å². The molecule has 10 heteroatoms. The molecule has 1 rings (SSSR count). The van der Waals surface area contributed by atoms with Gasteiger partial charge in [-0.2, -0.15) is 26.3 Å². The van der Waals surface area contributed by atoms with Crippen molar-refractivity contribution in [1.82, 2.24) is 0 Å². The zero-order chi connectivity index (χ0) is 15.6. The molecule has 0 saturated carbocycles. The number of rotatable bonds is 4. The van der Waals surface area contributed by atoms with Gasteiger partial charge in [-0.15, -0.1) is 0 Å². The highest BCUT2D eigenvalue weighted by atomic mass is 19.4. The molecule has 0 fully saturated rings. The Morgan fingerprint density at radius 1 is 1.15 bits per heavy atom. The van der Waals surface area contributed by atoms with Gasteiger partial charge in [-0.3, -0.25) is 10.1 Å². The van der Waals surface area contributed by atoms with Gasteiger partial charge in [0.05, 0.1) is 16.9 Å². The predicted octanol–water partition coefficient (Wildman–Crippen LogP) is 3.98. The van der Waals surface area contributed by atoms with E-state index in [9.17, 15) is 36.5 Å². The van der Waals surface area contributed by atoms with Crippen LogP contribution in [-0.2, 0) is 6.18 Å². The fourth-order valence-corrected chi connectivity index (χ4v) is 1.37. The summed E-state index contributed by atoms with van der Waals surface area (Å²) >= 11 is 0. The highest BCUT2D eigenvalue weighted by Gasteiger charge is 2.35. The van der Waals surface area contributed by atoms with Crippen molar-refractivity contribution in [3.05, 3.63) is 33.9 Å². The maximum atomic E-state index is 12.7. The van der Waals surface area contributed by atoms with Crippen LogP contribution >= 0.6 is 0 Å². The number of nitrogens with one attached hydrogen (secondary N) is 1. The number of alkyl halides is 6. The number of halogens is 6. The first kappa shape index (κ1) is 16.1. The molecule has 0 aliphatic carbocycles. The Morgan fingerprint density at radius 2 is 1.75 bits per heavy atom. The van der Waals surface area contributed by atoms with E-state index in [1.54, 1.807) is 0 Å². The quantitative estimate of drug-likeness (QED) is 0.520. The molecule has 1 aromatic rings. The van der Waals surface area contributed by atoms with Crippen molar-refractivity contribution in [2.75, 3.05) is 11.9 Å². The lowest BCUT2D eigenvalue weighted by atomic mass is 10.1. The number of hydrogen-bond donors (Lipinski definition) is 1. The van der Waals surface area contributed by atoms with E-state index >= 15 is 0 Å². The molecule has 0 unspecified atom stereocenters. The number of non-ortho nitro benzene ring substituents is 1. The molecule has 0 radical (unpaired) electrons. The van der Waals surface area contributed by atoms with Crippen LogP contribution in [0, 0.1) is 10.1 Å². The normalized spacial score (nSPS) is 12.3. The van der Waals surface area contributed by atoms with Crippen LogP contribution in [0.15, 0.2) is 18.2 Å². The van der Waals surface area contributed by atoms with E-state index in [0.717, 1.165) is 12.1 Å². The second-order valence-electron chi connectivity index (χ2n) is 3.78. The van der Waals surface area contributed by atoms with Gasteiger partial charge >= 0.3 is 12.4 Å². The molecule has 0 saturated heterocycles. The number of nitro groups is 1. The van der Waals surface area contributed by atoms with E-state index in [1.807, 2.05) is 5.32 Å². The lowest BCUT2D eigenvalue weighted by Gasteiger charge is -2.15. The molecule has 4 nitrogen and oxygen atoms in total. The SMILES string of the molecule is O=[N+]([O-])c1ccc(NCCC(F)(F)F)c(C(F)(F)F)c1. The molecule has 0 spiro atoms. The van der Waals surface area contributed by atoms with Crippen molar-refractivity contribution in [3.8, 4) is 0 Å². The van der Waals surface area contributed by atoms with E-state index in [-0.39, 0.29) is 6.07 Å². The summed E-state index contributed by atoms with van der Waals surface area (Å²) in [5.41, 5.74) is -2.81. The summed E-state index contributed by atoms with van der Waals surface area (Å²) in [5, 5.41) is 12.4. The third-order valence-corrected chi connectivity index (χ3v) is 2.24. The molecule has 112 valence electrons. The Hall–Kier alpha value is -2.00. The maximum Gasteiger partial charge on any atom is 0.418 e. The van der Waals surface area contributed by atoms with Gasteiger partial charge in [0.15, 0.2) is 0 Å². The van der Waals surface area contributed by atoms with Crippen molar-refractivity contribution in [2.24, 2.45) is 0 Å². The molecule has 0 atom stereocenters. The van der Waals surface area contributed by atoms with Gasteiger partial charge in [0.2, 0.25) is 0 Å². The first-order valence-electron chi connectivity index (χ1n) is 5.17. The van der Waals surface area contributed by atoms with Crippen molar-refractivity contribution in [3.63, 3.8) is 0 Å². The molecule has 1 N–H and O–H groups in total. The topological polar surface area (TPSA) is 55.2 Å². The first-order valence-corrected chi connectivity index (χ1v) is 5.17. The molecule has 0 aliphatic rings. The van der Waals surface area contributed by atoms with Crippen LogP contribution in [0.2, 0.25) is 0 Å². The fourth-order valence-electron chi connectivity index (χ4n) is 1.37. The Balaban J connectivity index is 2.98. The second kappa shape index (κ2) is 5.55. The highest BCUT2D eigenvalue weighted by molar-refractivity contribution is 5.57. The first-order chi connectivity index (χ1) is 9.00. The molecular weight excluding hydrogens is 294 g/mol. The molecular formula is C10H8F6N2O2. The smallest absolute Gasteiger partial charge is 0.384 e. The largest absolute Gasteiger partial charge is 0.418 e. The molecule has 0 heterocycles. The summed E-state index contributed by atoms with van der Waals surface area (Å²) in [7, 11) is 0. The lowest BCUT2D eigenvalue weighted by molar-refractivity contribution is -0.385. The Kier molecular flexibility index (Phi) is 4.46. The van der Waals surface area contributed by atoms with Crippen molar-refractivity contribution >= 4 is 11.4 Å². The monoisotopic (exact) mass is 302 g/mol. The number of benzene rings is 1. The number of anilines is 1. The minimum Gasteiger partial charge on any atom is -0.384 e. The molecule has 0 amide bonds. The van der Waals surface area contributed by atoms with Crippen molar-refractivity contribution in [2.45, 2.75) is 18.8 Å². The molecule has 1 aromatic carbocycles. The summed E-state index contributed by atoms with van der Waals surface area (Å²) in [6, 6.07) is 1.79. The highest BCUT2D eigenvalue weighted by Crippen LogP contribution is 2.37. The third-order valence-electron chi connectivity index (χ3n) is 2.24.